The van der Waals surface area contributed by atoms with Crippen LogP contribution in [-0.4, -0.2) is 31.0 Å². The fourth-order valence-electron chi connectivity index (χ4n) is 1.41. The van der Waals surface area contributed by atoms with Gasteiger partial charge in [0.25, 0.3) is 0 Å². The first-order valence-corrected chi connectivity index (χ1v) is 6.88. The van der Waals surface area contributed by atoms with E-state index in [1.807, 2.05) is 0 Å². The Morgan fingerprint density at radius 3 is 2.94 bits per heavy atom. The van der Waals surface area contributed by atoms with Gasteiger partial charge in [0.1, 0.15) is 5.82 Å². The van der Waals surface area contributed by atoms with E-state index in [9.17, 15) is 9.50 Å². The summed E-state index contributed by atoms with van der Waals surface area (Å²) < 4.78 is 19.4. The van der Waals surface area contributed by atoms with Crippen molar-refractivity contribution in [3.05, 3.63) is 28.5 Å². The highest BCUT2D eigenvalue weighted by atomic mass is 79.9. The Labute approximate surface area is 115 Å². The highest BCUT2D eigenvalue weighted by Gasteiger charge is 2.09. The summed E-state index contributed by atoms with van der Waals surface area (Å²) in [5.41, 5.74) is 0.366. The number of benzene rings is 1. The Bertz CT molecular complexity index is 343. The number of halogens is 2. The van der Waals surface area contributed by atoms with Crippen LogP contribution in [0.5, 0.6) is 0 Å². The van der Waals surface area contributed by atoms with Crippen molar-refractivity contribution in [1.29, 1.82) is 0 Å². The van der Waals surface area contributed by atoms with Crippen molar-refractivity contribution in [3.8, 4) is 0 Å². The normalized spacial score (nSPS) is 12.4. The largest absolute Gasteiger partial charge is 0.389 e. The molecule has 5 heteroatoms. The number of nitrogens with one attached hydrogen (secondary N) is 1. The molecule has 0 spiro atoms. The Kier molecular flexibility index (Phi) is 7.23. The topological polar surface area (TPSA) is 41.5 Å². The highest BCUT2D eigenvalue weighted by molar-refractivity contribution is 9.10. The quantitative estimate of drug-likeness (QED) is 0.723. The molecule has 0 aliphatic carbocycles. The van der Waals surface area contributed by atoms with E-state index >= 15 is 0 Å². The molecule has 1 aromatic rings. The van der Waals surface area contributed by atoms with Gasteiger partial charge in [-0.1, -0.05) is 19.4 Å². The van der Waals surface area contributed by atoms with E-state index in [1.165, 1.54) is 6.07 Å². The van der Waals surface area contributed by atoms with E-state index in [0.29, 0.717) is 16.8 Å². The summed E-state index contributed by atoms with van der Waals surface area (Å²) in [4.78, 5) is 0. The summed E-state index contributed by atoms with van der Waals surface area (Å²) in [5.74, 6) is -0.344. The summed E-state index contributed by atoms with van der Waals surface area (Å²) >= 11 is 3.26. The van der Waals surface area contributed by atoms with E-state index < -0.39 is 6.10 Å². The summed E-state index contributed by atoms with van der Waals surface area (Å²) in [7, 11) is 0. The van der Waals surface area contributed by atoms with Crippen LogP contribution in [0.4, 0.5) is 10.1 Å². The minimum absolute atomic E-state index is 0.256. The first-order chi connectivity index (χ1) is 8.65. The molecule has 2 N–H and O–H groups in total. The molecular formula is C13H19BrFNO2. The maximum atomic E-state index is 13.4. The second kappa shape index (κ2) is 8.45. The molecule has 18 heavy (non-hydrogen) atoms. The molecule has 0 heterocycles. The highest BCUT2D eigenvalue weighted by Crippen LogP contribution is 2.24. The van der Waals surface area contributed by atoms with Crippen LogP contribution in [0.1, 0.15) is 19.8 Å². The smallest absolute Gasteiger partial charge is 0.147 e. The third-order valence-corrected chi connectivity index (χ3v) is 3.09. The van der Waals surface area contributed by atoms with Gasteiger partial charge in [-0.3, -0.25) is 0 Å². The maximum Gasteiger partial charge on any atom is 0.147 e. The van der Waals surface area contributed by atoms with Gasteiger partial charge in [0.2, 0.25) is 0 Å². The van der Waals surface area contributed by atoms with E-state index in [-0.39, 0.29) is 19.0 Å². The summed E-state index contributed by atoms with van der Waals surface area (Å²) in [6, 6.07) is 4.74. The second-order valence-corrected chi connectivity index (χ2v) is 4.91. The maximum absolute atomic E-state index is 13.4. The molecular weight excluding hydrogens is 301 g/mol. The molecule has 0 aliphatic heterocycles. The third-order valence-electron chi connectivity index (χ3n) is 2.43. The SMILES string of the molecule is CCCCOCC(O)CNc1c(F)cccc1Br. The van der Waals surface area contributed by atoms with Crippen LogP contribution < -0.4 is 5.32 Å². The van der Waals surface area contributed by atoms with E-state index in [4.69, 9.17) is 4.74 Å². The van der Waals surface area contributed by atoms with Gasteiger partial charge in [-0.15, -0.1) is 0 Å². The average molecular weight is 320 g/mol. The number of rotatable bonds is 8. The van der Waals surface area contributed by atoms with Gasteiger partial charge in [-0.25, -0.2) is 4.39 Å². The van der Waals surface area contributed by atoms with Crippen LogP contribution in [0.15, 0.2) is 22.7 Å². The molecule has 3 nitrogen and oxygen atoms in total. The molecule has 0 bridgehead atoms. The molecule has 1 rings (SSSR count). The van der Waals surface area contributed by atoms with Crippen molar-refractivity contribution < 1.29 is 14.2 Å². The first kappa shape index (κ1) is 15.4. The Morgan fingerprint density at radius 2 is 2.28 bits per heavy atom. The lowest BCUT2D eigenvalue weighted by atomic mass is 10.3. The van der Waals surface area contributed by atoms with Gasteiger partial charge in [0.15, 0.2) is 0 Å². The van der Waals surface area contributed by atoms with Gasteiger partial charge < -0.3 is 15.2 Å². The number of aliphatic hydroxyl groups excluding tert-OH is 1. The molecule has 0 aromatic heterocycles. The van der Waals surface area contributed by atoms with Gasteiger partial charge in [-0.05, 0) is 34.5 Å². The van der Waals surface area contributed by atoms with Crippen molar-refractivity contribution in [2.75, 3.05) is 25.1 Å². The molecule has 0 aliphatic rings. The monoisotopic (exact) mass is 319 g/mol. The molecule has 0 amide bonds. The Morgan fingerprint density at radius 1 is 1.50 bits per heavy atom. The van der Waals surface area contributed by atoms with E-state index in [1.54, 1.807) is 12.1 Å². The van der Waals surface area contributed by atoms with Crippen LogP contribution in [0.25, 0.3) is 0 Å². The minimum atomic E-state index is -0.645. The van der Waals surface area contributed by atoms with Crippen LogP contribution in [-0.2, 0) is 4.74 Å². The van der Waals surface area contributed by atoms with Crippen molar-refractivity contribution in [1.82, 2.24) is 0 Å². The summed E-state index contributed by atoms with van der Waals surface area (Å²) in [6.45, 7) is 3.25. The van der Waals surface area contributed by atoms with Gasteiger partial charge in [0, 0.05) is 17.6 Å². The van der Waals surface area contributed by atoms with Crippen LogP contribution in [0, 0.1) is 5.82 Å². The zero-order valence-corrected chi connectivity index (χ0v) is 12.0. The average Bonchev–Trinajstić information content (AvgIpc) is 2.34. The molecule has 0 fully saturated rings. The van der Waals surface area contributed by atoms with Crippen molar-refractivity contribution >= 4 is 21.6 Å². The summed E-state index contributed by atoms with van der Waals surface area (Å²) in [5, 5.41) is 12.5. The standard InChI is InChI=1S/C13H19BrFNO2/c1-2-3-7-18-9-10(17)8-16-13-11(14)5-4-6-12(13)15/h4-6,10,16-17H,2-3,7-9H2,1H3. The predicted octanol–water partition coefficient (Wildman–Crippen LogP) is 3.18. The number of unbranched alkanes of at least 4 members (excludes halogenated alkanes) is 1. The molecule has 1 unspecified atom stereocenters. The molecule has 0 saturated carbocycles. The van der Waals surface area contributed by atoms with Gasteiger partial charge in [-0.2, -0.15) is 0 Å². The molecule has 1 aromatic carbocycles. The van der Waals surface area contributed by atoms with Crippen molar-refractivity contribution in [2.24, 2.45) is 0 Å². The minimum Gasteiger partial charge on any atom is -0.389 e. The Balaban J connectivity index is 2.31. The molecule has 0 saturated heterocycles. The number of aliphatic hydroxyl groups is 1. The third kappa shape index (κ3) is 5.33. The zero-order valence-electron chi connectivity index (χ0n) is 10.5. The van der Waals surface area contributed by atoms with Crippen molar-refractivity contribution in [3.63, 3.8) is 0 Å². The Hall–Kier alpha value is -0.650. The van der Waals surface area contributed by atoms with E-state index in [0.717, 1.165) is 12.8 Å². The van der Waals surface area contributed by atoms with E-state index in [2.05, 4.69) is 28.2 Å². The lowest BCUT2D eigenvalue weighted by molar-refractivity contribution is 0.0421. The van der Waals surface area contributed by atoms with Gasteiger partial charge >= 0.3 is 0 Å². The number of hydrogen-bond donors (Lipinski definition) is 2. The number of hydrogen-bond acceptors (Lipinski definition) is 3. The number of ether oxygens (including phenoxy) is 1. The predicted molar refractivity (Wildman–Crippen MR) is 74.3 cm³/mol. The molecule has 0 radical (unpaired) electrons. The van der Waals surface area contributed by atoms with Crippen molar-refractivity contribution in [2.45, 2.75) is 25.9 Å². The van der Waals surface area contributed by atoms with Crippen LogP contribution in [0.2, 0.25) is 0 Å². The lowest BCUT2D eigenvalue weighted by Crippen LogP contribution is -2.25. The zero-order chi connectivity index (χ0) is 13.4. The second-order valence-electron chi connectivity index (χ2n) is 4.06. The molecule has 1 atom stereocenters. The lowest BCUT2D eigenvalue weighted by Gasteiger charge is -2.14. The summed E-state index contributed by atoms with van der Waals surface area (Å²) in [6.07, 6.45) is 1.41. The number of para-hydroxylation sites is 1. The number of anilines is 1. The van der Waals surface area contributed by atoms with Crippen LogP contribution >= 0.6 is 15.9 Å². The fourth-order valence-corrected chi connectivity index (χ4v) is 1.89. The fraction of sp³-hybridized carbons (Fsp3) is 0.538. The van der Waals surface area contributed by atoms with Gasteiger partial charge in [0.05, 0.1) is 18.4 Å². The molecule has 102 valence electrons. The first-order valence-electron chi connectivity index (χ1n) is 6.08. The van der Waals surface area contributed by atoms with Crippen LogP contribution in [0.3, 0.4) is 0 Å².